The van der Waals surface area contributed by atoms with Gasteiger partial charge in [-0.25, -0.2) is 23.1 Å². The minimum Gasteiger partial charge on any atom is -0.478 e. The molecule has 0 fully saturated rings. The molecule has 0 aliphatic carbocycles. The molecule has 2 aromatic carbocycles. The number of fused-ring (bicyclic) bond motifs is 1. The van der Waals surface area contributed by atoms with Gasteiger partial charge in [0.15, 0.2) is 11.5 Å². The van der Waals surface area contributed by atoms with Crippen LogP contribution < -0.4 is 0 Å². The SMILES string of the molecule is Cc1cc(-c2ccc(F)cc2)c(C(=O)O)c2nc(-c3ccc(F)cc3)nn12. The maximum atomic E-state index is 13.2. The summed E-state index contributed by atoms with van der Waals surface area (Å²) in [7, 11) is 0. The number of rotatable bonds is 3. The van der Waals surface area contributed by atoms with Crippen LogP contribution in [0.4, 0.5) is 8.78 Å². The maximum absolute atomic E-state index is 13.2. The molecule has 7 heteroatoms. The van der Waals surface area contributed by atoms with Crippen molar-refractivity contribution in [3.8, 4) is 22.5 Å². The Labute approximate surface area is 152 Å². The van der Waals surface area contributed by atoms with E-state index in [9.17, 15) is 18.7 Å². The van der Waals surface area contributed by atoms with Gasteiger partial charge in [-0.3, -0.25) is 0 Å². The first-order valence-electron chi connectivity index (χ1n) is 8.09. The lowest BCUT2D eigenvalue weighted by Gasteiger charge is -2.09. The largest absolute Gasteiger partial charge is 0.478 e. The van der Waals surface area contributed by atoms with Crippen LogP contribution in [0.3, 0.4) is 0 Å². The lowest BCUT2D eigenvalue weighted by atomic mass is 10.00. The second-order valence-corrected chi connectivity index (χ2v) is 6.06. The number of hydrogen-bond acceptors (Lipinski definition) is 3. The Morgan fingerprint density at radius 1 is 0.963 bits per heavy atom. The Morgan fingerprint density at radius 2 is 1.52 bits per heavy atom. The minimum atomic E-state index is -1.17. The van der Waals surface area contributed by atoms with Crippen LogP contribution in [0.2, 0.25) is 0 Å². The van der Waals surface area contributed by atoms with Crippen molar-refractivity contribution in [2.75, 3.05) is 0 Å². The molecule has 0 atom stereocenters. The number of carboxylic acids is 1. The molecule has 0 saturated heterocycles. The lowest BCUT2D eigenvalue weighted by Crippen LogP contribution is -2.06. The molecule has 2 heterocycles. The van der Waals surface area contributed by atoms with Gasteiger partial charge in [-0.15, -0.1) is 5.10 Å². The molecular formula is C20H13F2N3O2. The molecule has 0 amide bonds. The first-order valence-corrected chi connectivity index (χ1v) is 8.09. The van der Waals surface area contributed by atoms with Gasteiger partial charge >= 0.3 is 5.97 Å². The van der Waals surface area contributed by atoms with Gasteiger partial charge in [-0.05, 0) is 55.0 Å². The number of halogens is 2. The van der Waals surface area contributed by atoms with E-state index in [0.717, 1.165) is 0 Å². The highest BCUT2D eigenvalue weighted by molar-refractivity contribution is 6.02. The number of hydrogen-bond donors (Lipinski definition) is 1. The quantitative estimate of drug-likeness (QED) is 0.586. The van der Waals surface area contributed by atoms with Gasteiger partial charge in [0.2, 0.25) is 0 Å². The second kappa shape index (κ2) is 6.28. The van der Waals surface area contributed by atoms with E-state index in [1.165, 1.54) is 53.0 Å². The van der Waals surface area contributed by atoms with Crippen molar-refractivity contribution in [3.05, 3.63) is 77.5 Å². The first-order chi connectivity index (χ1) is 12.9. The van der Waals surface area contributed by atoms with Gasteiger partial charge in [0.05, 0.1) is 0 Å². The third-order valence-electron chi connectivity index (χ3n) is 4.26. The molecule has 0 radical (unpaired) electrons. The molecule has 1 N–H and O–H groups in total. The zero-order chi connectivity index (χ0) is 19.1. The highest BCUT2D eigenvalue weighted by Gasteiger charge is 2.21. The third kappa shape index (κ3) is 2.93. The first kappa shape index (κ1) is 16.8. The Hall–Kier alpha value is -3.61. The number of benzene rings is 2. The van der Waals surface area contributed by atoms with E-state index in [1.807, 2.05) is 0 Å². The highest BCUT2D eigenvalue weighted by Crippen LogP contribution is 2.29. The van der Waals surface area contributed by atoms with E-state index in [-0.39, 0.29) is 22.9 Å². The second-order valence-electron chi connectivity index (χ2n) is 6.06. The summed E-state index contributed by atoms with van der Waals surface area (Å²) in [6.07, 6.45) is 0. The fraction of sp³-hybridized carbons (Fsp3) is 0.0500. The monoisotopic (exact) mass is 365 g/mol. The van der Waals surface area contributed by atoms with Crippen molar-refractivity contribution in [2.45, 2.75) is 6.92 Å². The van der Waals surface area contributed by atoms with Crippen LogP contribution in [0, 0.1) is 18.6 Å². The zero-order valence-corrected chi connectivity index (χ0v) is 14.1. The summed E-state index contributed by atoms with van der Waals surface area (Å²) in [4.78, 5) is 16.3. The minimum absolute atomic E-state index is 0.0342. The van der Waals surface area contributed by atoms with E-state index in [1.54, 1.807) is 13.0 Å². The van der Waals surface area contributed by atoms with Gasteiger partial charge in [0.1, 0.15) is 17.2 Å². The topological polar surface area (TPSA) is 67.5 Å². The fourth-order valence-electron chi connectivity index (χ4n) is 2.97. The van der Waals surface area contributed by atoms with E-state index in [4.69, 9.17) is 0 Å². The molecule has 2 aromatic heterocycles. The van der Waals surface area contributed by atoms with Crippen molar-refractivity contribution in [1.82, 2.24) is 14.6 Å². The summed E-state index contributed by atoms with van der Waals surface area (Å²) in [5.74, 6) is -1.67. The molecule has 0 saturated carbocycles. The van der Waals surface area contributed by atoms with Crippen LogP contribution in [0.1, 0.15) is 16.1 Å². The zero-order valence-electron chi connectivity index (χ0n) is 14.1. The molecule has 5 nitrogen and oxygen atoms in total. The number of aromatic nitrogens is 3. The van der Waals surface area contributed by atoms with E-state index >= 15 is 0 Å². The number of carbonyl (C=O) groups is 1. The average Bonchev–Trinajstić information content (AvgIpc) is 3.08. The maximum Gasteiger partial charge on any atom is 0.340 e. The molecule has 134 valence electrons. The van der Waals surface area contributed by atoms with Crippen LogP contribution in [-0.2, 0) is 0 Å². The summed E-state index contributed by atoms with van der Waals surface area (Å²) in [6, 6.07) is 12.9. The van der Waals surface area contributed by atoms with Gasteiger partial charge in [0.25, 0.3) is 0 Å². The summed E-state index contributed by atoms with van der Waals surface area (Å²) in [6.45, 7) is 1.77. The number of nitrogens with zero attached hydrogens (tertiary/aromatic N) is 3. The lowest BCUT2D eigenvalue weighted by molar-refractivity contribution is 0.0699. The molecule has 4 rings (SSSR count). The molecule has 0 spiro atoms. The Balaban J connectivity index is 1.98. The van der Waals surface area contributed by atoms with Crippen LogP contribution in [-0.4, -0.2) is 25.7 Å². The summed E-state index contributed by atoms with van der Waals surface area (Å²) < 4.78 is 27.8. The molecule has 0 bridgehead atoms. The van der Waals surface area contributed by atoms with Crippen LogP contribution >= 0.6 is 0 Å². The normalized spacial score (nSPS) is 11.1. The Morgan fingerprint density at radius 3 is 2.07 bits per heavy atom. The molecule has 27 heavy (non-hydrogen) atoms. The van der Waals surface area contributed by atoms with Crippen LogP contribution in [0.5, 0.6) is 0 Å². The summed E-state index contributed by atoms with van der Waals surface area (Å²) in [5.41, 5.74) is 2.35. The number of pyridine rings is 1. The Kier molecular flexibility index (Phi) is 3.92. The number of carboxylic acid groups (broad SMARTS) is 1. The van der Waals surface area contributed by atoms with Crippen molar-refractivity contribution >= 4 is 11.6 Å². The smallest absolute Gasteiger partial charge is 0.340 e. The molecule has 0 aliphatic rings. The highest BCUT2D eigenvalue weighted by atomic mass is 19.1. The van der Waals surface area contributed by atoms with Gasteiger partial charge in [-0.1, -0.05) is 12.1 Å². The third-order valence-corrected chi connectivity index (χ3v) is 4.26. The summed E-state index contributed by atoms with van der Waals surface area (Å²) >= 11 is 0. The van der Waals surface area contributed by atoms with Crippen molar-refractivity contribution in [1.29, 1.82) is 0 Å². The van der Waals surface area contributed by atoms with Crippen molar-refractivity contribution < 1.29 is 18.7 Å². The van der Waals surface area contributed by atoms with E-state index < -0.39 is 11.8 Å². The van der Waals surface area contributed by atoms with Gasteiger partial charge in [-0.2, -0.15) is 0 Å². The summed E-state index contributed by atoms with van der Waals surface area (Å²) in [5, 5.41) is 14.1. The average molecular weight is 365 g/mol. The molecular weight excluding hydrogens is 352 g/mol. The molecule has 0 aliphatic heterocycles. The predicted octanol–water partition coefficient (Wildman–Crippen LogP) is 4.35. The van der Waals surface area contributed by atoms with E-state index in [0.29, 0.717) is 22.4 Å². The standard InChI is InChI=1S/C20H13F2N3O2/c1-11-10-16(12-2-6-14(21)7-3-12)17(20(26)27)19-23-18(24-25(11)19)13-4-8-15(22)9-5-13/h2-10H,1H3,(H,26,27). The van der Waals surface area contributed by atoms with Crippen LogP contribution in [0.25, 0.3) is 28.2 Å². The Bertz CT molecular complexity index is 1170. The number of aromatic carboxylic acids is 1. The van der Waals surface area contributed by atoms with Gasteiger partial charge in [0, 0.05) is 16.8 Å². The van der Waals surface area contributed by atoms with Crippen molar-refractivity contribution in [2.24, 2.45) is 0 Å². The fourth-order valence-corrected chi connectivity index (χ4v) is 2.97. The van der Waals surface area contributed by atoms with Crippen LogP contribution in [0.15, 0.2) is 54.6 Å². The number of aryl methyl sites for hydroxylation is 1. The van der Waals surface area contributed by atoms with Crippen molar-refractivity contribution in [3.63, 3.8) is 0 Å². The molecule has 4 aromatic rings. The molecule has 0 unspecified atom stereocenters. The predicted molar refractivity (Wildman–Crippen MR) is 95.5 cm³/mol. The van der Waals surface area contributed by atoms with E-state index in [2.05, 4.69) is 10.1 Å². The van der Waals surface area contributed by atoms with Gasteiger partial charge < -0.3 is 5.11 Å².